The molecular weight excluding hydrogens is 328 g/mol. The Morgan fingerprint density at radius 3 is 2.69 bits per heavy atom. The molecule has 1 aliphatic carbocycles. The molecule has 136 valence electrons. The molecule has 0 spiro atoms. The van der Waals surface area contributed by atoms with Gasteiger partial charge in [-0.1, -0.05) is 18.2 Å². The molecule has 1 aliphatic rings. The topological polar surface area (TPSA) is 87.1 Å². The van der Waals surface area contributed by atoms with Crippen molar-refractivity contribution in [1.29, 1.82) is 0 Å². The van der Waals surface area contributed by atoms with E-state index in [0.717, 1.165) is 41.6 Å². The molecule has 1 heterocycles. The number of hydrogen-bond donors (Lipinski definition) is 3. The minimum atomic E-state index is -0.964. The van der Waals surface area contributed by atoms with Gasteiger partial charge in [0.15, 0.2) is 0 Å². The van der Waals surface area contributed by atoms with Crippen LogP contribution in [0, 0.1) is 0 Å². The quantitative estimate of drug-likeness (QED) is 0.692. The summed E-state index contributed by atoms with van der Waals surface area (Å²) in [6.07, 6.45) is 10.7. The molecule has 1 aromatic carbocycles. The van der Waals surface area contributed by atoms with Crippen LogP contribution in [0.4, 0.5) is 5.82 Å². The first kappa shape index (κ1) is 18.1. The number of carbonyl (C=O) groups is 1. The van der Waals surface area contributed by atoms with Crippen molar-refractivity contribution in [3.8, 4) is 11.3 Å². The molecule has 1 saturated carbocycles. The maximum atomic E-state index is 10.7. The molecule has 26 heavy (non-hydrogen) atoms. The van der Waals surface area contributed by atoms with Gasteiger partial charge in [-0.3, -0.25) is 4.98 Å². The van der Waals surface area contributed by atoms with Gasteiger partial charge in [-0.15, -0.1) is 0 Å². The van der Waals surface area contributed by atoms with Crippen LogP contribution in [-0.2, 0) is 4.79 Å². The lowest BCUT2D eigenvalue weighted by Crippen LogP contribution is -2.35. The van der Waals surface area contributed by atoms with Crippen molar-refractivity contribution in [3.63, 3.8) is 0 Å². The van der Waals surface area contributed by atoms with Crippen LogP contribution in [0.15, 0.2) is 42.7 Å². The average molecular weight is 352 g/mol. The highest BCUT2D eigenvalue weighted by Gasteiger charge is 2.20. The predicted octanol–water partition coefficient (Wildman–Crippen LogP) is 3.18. The van der Waals surface area contributed by atoms with E-state index in [1.54, 1.807) is 18.5 Å². The number of aromatic nitrogens is 2. The van der Waals surface area contributed by atoms with Gasteiger partial charge in [-0.25, -0.2) is 9.78 Å². The lowest BCUT2D eigenvalue weighted by atomic mass is 9.91. The molecule has 0 atom stereocenters. The van der Waals surface area contributed by atoms with Gasteiger partial charge in [-0.2, -0.15) is 0 Å². The van der Waals surface area contributed by atoms with Crippen molar-refractivity contribution in [2.75, 3.05) is 12.4 Å². The molecule has 0 bridgehead atoms. The Morgan fingerprint density at radius 2 is 1.96 bits per heavy atom. The van der Waals surface area contributed by atoms with E-state index in [4.69, 9.17) is 5.11 Å². The summed E-state index contributed by atoms with van der Waals surface area (Å²) in [5.74, 6) is -0.184. The van der Waals surface area contributed by atoms with Crippen LogP contribution in [0.25, 0.3) is 17.3 Å². The van der Waals surface area contributed by atoms with Crippen LogP contribution in [0.2, 0.25) is 0 Å². The number of aliphatic carboxylic acids is 1. The van der Waals surface area contributed by atoms with Crippen molar-refractivity contribution in [3.05, 3.63) is 48.3 Å². The number of nitrogens with one attached hydrogen (secondary N) is 2. The van der Waals surface area contributed by atoms with Crippen molar-refractivity contribution < 1.29 is 9.90 Å². The van der Waals surface area contributed by atoms with Gasteiger partial charge in [-0.05, 0) is 50.4 Å². The molecular formula is C20H24N4O2. The summed E-state index contributed by atoms with van der Waals surface area (Å²) < 4.78 is 0. The lowest BCUT2D eigenvalue weighted by Gasteiger charge is -2.29. The lowest BCUT2D eigenvalue weighted by molar-refractivity contribution is -0.131. The standard InChI is InChI=1S/C20H24N4O2/c1-21-16-6-8-17(9-7-16)23-19-13-22-12-18(24-19)15-4-2-3-14(11-15)5-10-20(25)26/h2-5,10-13,16-17,21H,6-9H2,1H3,(H,23,24)(H,25,26)/b10-5+. The van der Waals surface area contributed by atoms with Crippen LogP contribution >= 0.6 is 0 Å². The maximum absolute atomic E-state index is 10.7. The highest BCUT2D eigenvalue weighted by Crippen LogP contribution is 2.23. The monoisotopic (exact) mass is 352 g/mol. The Hall–Kier alpha value is -2.73. The highest BCUT2D eigenvalue weighted by molar-refractivity contribution is 5.85. The molecule has 0 amide bonds. The number of rotatable bonds is 6. The molecule has 1 fully saturated rings. The number of benzene rings is 1. The second-order valence-corrected chi connectivity index (χ2v) is 6.57. The fourth-order valence-corrected chi connectivity index (χ4v) is 3.28. The number of anilines is 1. The SMILES string of the molecule is CNC1CCC(Nc2cncc(-c3cccc(/C=C/C(=O)O)c3)n2)CC1. The van der Waals surface area contributed by atoms with E-state index in [-0.39, 0.29) is 0 Å². The van der Waals surface area contributed by atoms with Crippen molar-refractivity contribution in [2.24, 2.45) is 0 Å². The van der Waals surface area contributed by atoms with Crippen LogP contribution in [-0.4, -0.2) is 40.2 Å². The zero-order valence-electron chi connectivity index (χ0n) is 14.9. The van der Waals surface area contributed by atoms with Gasteiger partial charge in [0.1, 0.15) is 5.82 Å². The first-order valence-corrected chi connectivity index (χ1v) is 8.91. The van der Waals surface area contributed by atoms with E-state index in [9.17, 15) is 4.79 Å². The van der Waals surface area contributed by atoms with Crippen molar-refractivity contribution in [2.45, 2.75) is 37.8 Å². The zero-order chi connectivity index (χ0) is 18.4. The first-order valence-electron chi connectivity index (χ1n) is 8.91. The minimum Gasteiger partial charge on any atom is -0.478 e. The van der Waals surface area contributed by atoms with Gasteiger partial charge in [0, 0.05) is 23.7 Å². The predicted molar refractivity (Wildman–Crippen MR) is 103 cm³/mol. The number of carboxylic acids is 1. The molecule has 3 rings (SSSR count). The largest absolute Gasteiger partial charge is 0.478 e. The smallest absolute Gasteiger partial charge is 0.328 e. The number of hydrogen-bond acceptors (Lipinski definition) is 5. The third kappa shape index (κ3) is 4.89. The third-order valence-corrected chi connectivity index (χ3v) is 4.72. The summed E-state index contributed by atoms with van der Waals surface area (Å²) in [4.78, 5) is 19.7. The molecule has 0 saturated heterocycles. The summed E-state index contributed by atoms with van der Waals surface area (Å²) in [6, 6.07) is 8.65. The molecule has 3 N–H and O–H groups in total. The highest BCUT2D eigenvalue weighted by atomic mass is 16.4. The van der Waals surface area contributed by atoms with Gasteiger partial charge < -0.3 is 15.7 Å². The minimum absolute atomic E-state index is 0.425. The van der Waals surface area contributed by atoms with Crippen molar-refractivity contribution in [1.82, 2.24) is 15.3 Å². The molecule has 1 aromatic heterocycles. The summed E-state index contributed by atoms with van der Waals surface area (Å²) in [5, 5.41) is 15.6. The average Bonchev–Trinajstić information content (AvgIpc) is 2.67. The Morgan fingerprint density at radius 1 is 1.19 bits per heavy atom. The second-order valence-electron chi connectivity index (χ2n) is 6.57. The molecule has 0 aliphatic heterocycles. The second kappa shape index (κ2) is 8.58. The van der Waals surface area contributed by atoms with Gasteiger partial charge in [0.25, 0.3) is 0 Å². The molecule has 6 nitrogen and oxygen atoms in total. The third-order valence-electron chi connectivity index (χ3n) is 4.72. The zero-order valence-corrected chi connectivity index (χ0v) is 14.9. The summed E-state index contributed by atoms with van der Waals surface area (Å²) in [7, 11) is 2.02. The Bertz CT molecular complexity index is 783. The Balaban J connectivity index is 1.71. The van der Waals surface area contributed by atoms with Crippen LogP contribution in [0.3, 0.4) is 0 Å². The van der Waals surface area contributed by atoms with E-state index in [1.807, 2.05) is 31.3 Å². The van der Waals surface area contributed by atoms with Gasteiger partial charge in [0.2, 0.25) is 0 Å². The molecule has 6 heteroatoms. The van der Waals surface area contributed by atoms with E-state index in [2.05, 4.69) is 20.6 Å². The van der Waals surface area contributed by atoms with E-state index in [0.29, 0.717) is 12.1 Å². The first-order chi connectivity index (χ1) is 12.6. The number of carboxylic acid groups (broad SMARTS) is 1. The van der Waals surface area contributed by atoms with Gasteiger partial charge >= 0.3 is 5.97 Å². The summed E-state index contributed by atoms with van der Waals surface area (Å²) in [5.41, 5.74) is 2.49. The summed E-state index contributed by atoms with van der Waals surface area (Å²) in [6.45, 7) is 0. The Labute approximate surface area is 153 Å². The fourth-order valence-electron chi connectivity index (χ4n) is 3.28. The maximum Gasteiger partial charge on any atom is 0.328 e. The number of nitrogens with zero attached hydrogens (tertiary/aromatic N) is 2. The molecule has 0 unspecified atom stereocenters. The van der Waals surface area contributed by atoms with E-state index < -0.39 is 5.97 Å². The molecule has 2 aromatic rings. The van der Waals surface area contributed by atoms with E-state index >= 15 is 0 Å². The molecule has 0 radical (unpaired) electrons. The van der Waals surface area contributed by atoms with Crippen LogP contribution in [0.1, 0.15) is 31.2 Å². The van der Waals surface area contributed by atoms with Crippen LogP contribution in [0.5, 0.6) is 0 Å². The normalized spacial score (nSPS) is 20.2. The Kier molecular flexibility index (Phi) is 5.96. The van der Waals surface area contributed by atoms with E-state index in [1.165, 1.54) is 12.8 Å². The van der Waals surface area contributed by atoms with Crippen LogP contribution < -0.4 is 10.6 Å². The van der Waals surface area contributed by atoms with Gasteiger partial charge in [0.05, 0.1) is 18.1 Å². The fraction of sp³-hybridized carbons (Fsp3) is 0.350. The van der Waals surface area contributed by atoms with Crippen molar-refractivity contribution >= 4 is 17.9 Å². The summed E-state index contributed by atoms with van der Waals surface area (Å²) >= 11 is 0.